The van der Waals surface area contributed by atoms with Gasteiger partial charge in [0.1, 0.15) is 6.04 Å². The summed E-state index contributed by atoms with van der Waals surface area (Å²) < 4.78 is 47.2. The monoisotopic (exact) mass is 553 g/mol. The van der Waals surface area contributed by atoms with Gasteiger partial charge in [0.25, 0.3) is 0 Å². The maximum Gasteiger partial charge on any atom is 0.436 e. The Hall–Kier alpha value is -2.79. The largest absolute Gasteiger partial charge is 0.465 e. The fourth-order valence-corrected chi connectivity index (χ4v) is 5.44. The zero-order chi connectivity index (χ0) is 27.2. The van der Waals surface area contributed by atoms with Crippen LogP contribution in [0.15, 0.2) is 18.2 Å². The minimum atomic E-state index is -4.73. The van der Waals surface area contributed by atoms with Gasteiger partial charge in [0, 0.05) is 37.3 Å². The quantitative estimate of drug-likeness (QED) is 0.447. The third-order valence-corrected chi connectivity index (χ3v) is 7.74. The number of nitrogens with one attached hydrogen (secondary N) is 2. The Morgan fingerprint density at radius 1 is 1.26 bits per heavy atom. The van der Waals surface area contributed by atoms with E-state index in [0.717, 1.165) is 38.2 Å². The molecule has 0 bridgehead atoms. The molecule has 0 spiro atoms. The van der Waals surface area contributed by atoms with E-state index in [0.29, 0.717) is 19.3 Å². The number of anilines is 2. The van der Waals surface area contributed by atoms with Gasteiger partial charge in [-0.3, -0.25) is 9.48 Å². The van der Waals surface area contributed by atoms with Crippen LogP contribution in [0.4, 0.5) is 24.5 Å². The lowest BCUT2D eigenvalue weighted by Gasteiger charge is -2.34. The third-order valence-electron chi connectivity index (χ3n) is 7.37. The Bertz CT molecular complexity index is 1230. The van der Waals surface area contributed by atoms with E-state index in [1.807, 2.05) is 6.07 Å². The predicted octanol–water partition coefficient (Wildman–Crippen LogP) is 5.00. The first-order chi connectivity index (χ1) is 18.1. The van der Waals surface area contributed by atoms with Crippen LogP contribution in [0.1, 0.15) is 72.7 Å². The fourth-order valence-electron chi connectivity index (χ4n) is 5.06. The fraction of sp³-hybridized carbons (Fsp3) is 0.577. The van der Waals surface area contributed by atoms with E-state index >= 15 is 0 Å². The summed E-state index contributed by atoms with van der Waals surface area (Å²) in [5, 5.41) is 9.57. The predicted molar refractivity (Wildman–Crippen MR) is 137 cm³/mol. The number of esters is 1. The van der Waals surface area contributed by atoms with Crippen LogP contribution in [0.5, 0.6) is 0 Å². The maximum absolute atomic E-state index is 13.7. The summed E-state index contributed by atoms with van der Waals surface area (Å²) in [5.74, 6) is -1.11. The summed E-state index contributed by atoms with van der Waals surface area (Å²) in [7, 11) is 1.26. The first kappa shape index (κ1) is 26.8. The third kappa shape index (κ3) is 5.63. The van der Waals surface area contributed by atoms with Gasteiger partial charge in [-0.15, -0.1) is 0 Å². The maximum atomic E-state index is 13.7. The van der Waals surface area contributed by atoms with E-state index in [9.17, 15) is 22.8 Å². The Balaban J connectivity index is 1.47. The van der Waals surface area contributed by atoms with Gasteiger partial charge in [0.2, 0.25) is 5.91 Å². The molecule has 2 atom stereocenters. The lowest BCUT2D eigenvalue weighted by molar-refractivity contribution is -0.141. The number of hydrogen-bond donors (Lipinski definition) is 2. The Labute approximate surface area is 223 Å². The number of piperazine rings is 1. The number of aromatic nitrogens is 2. The number of alkyl halides is 3. The molecule has 1 aromatic carbocycles. The summed E-state index contributed by atoms with van der Waals surface area (Å²) in [4.78, 5) is 28.5. The van der Waals surface area contributed by atoms with E-state index in [4.69, 9.17) is 16.3 Å². The number of methoxy groups -OCH3 is 1. The van der Waals surface area contributed by atoms with Crippen molar-refractivity contribution in [3.05, 3.63) is 40.2 Å². The molecule has 3 aliphatic rings. The van der Waals surface area contributed by atoms with Crippen molar-refractivity contribution < 1.29 is 27.5 Å². The average Bonchev–Trinajstić information content (AvgIpc) is 3.81. The molecule has 206 valence electrons. The van der Waals surface area contributed by atoms with Crippen molar-refractivity contribution in [2.24, 2.45) is 5.92 Å². The zero-order valence-electron chi connectivity index (χ0n) is 21.3. The molecule has 2 aliphatic carbocycles. The van der Waals surface area contributed by atoms with Gasteiger partial charge < -0.3 is 20.3 Å². The molecule has 2 aromatic rings. The van der Waals surface area contributed by atoms with Crippen LogP contribution < -0.4 is 15.5 Å². The van der Waals surface area contributed by atoms with Crippen molar-refractivity contribution in [2.75, 3.05) is 37.0 Å². The van der Waals surface area contributed by atoms with Crippen LogP contribution in [-0.2, 0) is 15.7 Å². The second-order valence-corrected chi connectivity index (χ2v) is 10.8. The van der Waals surface area contributed by atoms with Crippen molar-refractivity contribution in [3.8, 4) is 0 Å². The molecular weight excluding hydrogens is 523 g/mol. The van der Waals surface area contributed by atoms with Crippen LogP contribution >= 0.6 is 11.6 Å². The van der Waals surface area contributed by atoms with Crippen molar-refractivity contribution in [1.29, 1.82) is 0 Å². The van der Waals surface area contributed by atoms with E-state index in [1.54, 1.807) is 12.1 Å². The number of rotatable bonds is 8. The molecule has 38 heavy (non-hydrogen) atoms. The highest BCUT2D eigenvalue weighted by molar-refractivity contribution is 6.32. The Kier molecular flexibility index (Phi) is 7.34. The number of nitrogens with zero attached hydrogens (tertiary/aromatic N) is 3. The lowest BCUT2D eigenvalue weighted by atomic mass is 10.1. The first-order valence-electron chi connectivity index (χ1n) is 12.9. The van der Waals surface area contributed by atoms with Gasteiger partial charge in [-0.1, -0.05) is 24.4 Å². The molecule has 2 saturated carbocycles. The second-order valence-electron chi connectivity index (χ2n) is 10.5. The van der Waals surface area contributed by atoms with Gasteiger partial charge in [0.15, 0.2) is 5.69 Å². The second kappa shape index (κ2) is 10.4. The normalized spacial score (nSPS) is 20.8. The van der Waals surface area contributed by atoms with E-state index < -0.39 is 34.8 Å². The van der Waals surface area contributed by atoms with E-state index in [1.165, 1.54) is 11.8 Å². The Morgan fingerprint density at radius 2 is 2.00 bits per heavy atom. The molecule has 2 heterocycles. The standard InChI is InChI=1S/C26H31ClF3N5O3/c1-14-13-34(10-9-31-14)17-7-8-19(18(12-17)25(37)38-2)32-24(36)20(11-15-3-4-15)35-22(16-5-6-16)21(27)23(33-35)26(28,29)30/h7-8,12,14-16,20,31H,3-6,9-11,13H2,1-2H3,(H,32,36)/t14-,20-/m0/s1. The number of ether oxygens (including phenoxy) is 1. The molecule has 1 saturated heterocycles. The SMILES string of the molecule is COC(=O)c1cc(N2CCN[C@@H](C)C2)ccc1NC(=O)[C@H](CC1CC1)n1nc(C(F)(F)F)c(Cl)c1C1CC1. The smallest absolute Gasteiger partial charge is 0.436 e. The minimum absolute atomic E-state index is 0.160. The van der Waals surface area contributed by atoms with E-state index in [-0.39, 0.29) is 34.8 Å². The highest BCUT2D eigenvalue weighted by Gasteiger charge is 2.44. The summed E-state index contributed by atoms with van der Waals surface area (Å²) in [5.41, 5.74) is 0.315. The van der Waals surface area contributed by atoms with Crippen molar-refractivity contribution in [2.45, 2.75) is 63.2 Å². The summed E-state index contributed by atoms with van der Waals surface area (Å²) in [6, 6.07) is 4.41. The van der Waals surface area contributed by atoms with Gasteiger partial charge in [-0.05, 0) is 50.3 Å². The minimum Gasteiger partial charge on any atom is -0.465 e. The topological polar surface area (TPSA) is 88.5 Å². The molecule has 0 radical (unpaired) electrons. The van der Waals surface area contributed by atoms with Gasteiger partial charge in [-0.2, -0.15) is 18.3 Å². The molecule has 1 aromatic heterocycles. The summed E-state index contributed by atoms with van der Waals surface area (Å²) in [6.45, 7) is 4.38. The number of hydrogen-bond acceptors (Lipinski definition) is 6. The summed E-state index contributed by atoms with van der Waals surface area (Å²) >= 11 is 6.19. The molecule has 0 unspecified atom stereocenters. The highest BCUT2D eigenvalue weighted by atomic mass is 35.5. The van der Waals surface area contributed by atoms with Crippen LogP contribution in [0, 0.1) is 5.92 Å². The van der Waals surface area contributed by atoms with Crippen LogP contribution in [0.3, 0.4) is 0 Å². The van der Waals surface area contributed by atoms with Crippen LogP contribution in [0.2, 0.25) is 5.02 Å². The van der Waals surface area contributed by atoms with Crippen molar-refractivity contribution in [3.63, 3.8) is 0 Å². The number of carbonyl (C=O) groups is 2. The number of halogens is 4. The van der Waals surface area contributed by atoms with Crippen LogP contribution in [-0.4, -0.2) is 54.4 Å². The highest BCUT2D eigenvalue weighted by Crippen LogP contribution is 2.49. The molecule has 5 rings (SSSR count). The number of carbonyl (C=O) groups excluding carboxylic acids is 2. The van der Waals surface area contributed by atoms with E-state index in [2.05, 4.69) is 27.6 Å². The molecule has 12 heteroatoms. The van der Waals surface area contributed by atoms with Crippen molar-refractivity contribution >= 4 is 34.9 Å². The average molecular weight is 554 g/mol. The number of amides is 1. The molecule has 2 N–H and O–H groups in total. The molecular formula is C26H31ClF3N5O3. The summed E-state index contributed by atoms with van der Waals surface area (Å²) in [6.07, 6.45) is -1.21. The lowest BCUT2D eigenvalue weighted by Crippen LogP contribution is -2.49. The van der Waals surface area contributed by atoms with Gasteiger partial charge in [0.05, 0.1) is 29.1 Å². The number of benzene rings is 1. The zero-order valence-corrected chi connectivity index (χ0v) is 22.0. The van der Waals surface area contributed by atoms with Crippen molar-refractivity contribution in [1.82, 2.24) is 15.1 Å². The molecule has 8 nitrogen and oxygen atoms in total. The van der Waals surface area contributed by atoms with Gasteiger partial charge in [-0.25, -0.2) is 4.79 Å². The Morgan fingerprint density at radius 3 is 2.61 bits per heavy atom. The molecule has 3 fully saturated rings. The van der Waals surface area contributed by atoms with Gasteiger partial charge >= 0.3 is 12.1 Å². The molecule has 1 amide bonds. The van der Waals surface area contributed by atoms with Crippen LogP contribution in [0.25, 0.3) is 0 Å². The first-order valence-corrected chi connectivity index (χ1v) is 13.3. The molecule has 1 aliphatic heterocycles.